The van der Waals surface area contributed by atoms with E-state index in [0.29, 0.717) is 0 Å². The fourth-order valence-corrected chi connectivity index (χ4v) is 4.50. The first-order chi connectivity index (χ1) is 22.1. The number of amides is 2. The number of carbonyl (C=O) groups is 2. The van der Waals surface area contributed by atoms with E-state index < -0.39 is 59.1 Å². The lowest BCUT2D eigenvalue weighted by Crippen LogP contribution is -2.52. The van der Waals surface area contributed by atoms with Crippen LogP contribution in [0.3, 0.4) is 0 Å². The molecule has 2 aromatic carbocycles. The van der Waals surface area contributed by atoms with E-state index in [1.54, 1.807) is 20.8 Å². The zero-order valence-corrected chi connectivity index (χ0v) is 28.1. The molecule has 0 spiro atoms. The molecular weight excluding hydrogens is 662 g/mol. The zero-order valence-electron chi connectivity index (χ0n) is 27.4. The van der Waals surface area contributed by atoms with Crippen molar-refractivity contribution in [2.24, 2.45) is 0 Å². The molecule has 0 aliphatic rings. The number of nitrogens with one attached hydrogen (secondary N) is 2. The van der Waals surface area contributed by atoms with E-state index >= 15 is 0 Å². The fourth-order valence-electron chi connectivity index (χ4n) is 4.32. The molecule has 0 saturated heterocycles. The summed E-state index contributed by atoms with van der Waals surface area (Å²) in [6.45, 7) is 7.93. The van der Waals surface area contributed by atoms with E-state index in [2.05, 4.69) is 15.6 Å². The van der Waals surface area contributed by atoms with E-state index in [4.69, 9.17) is 25.8 Å². The van der Waals surface area contributed by atoms with Gasteiger partial charge in [-0.25, -0.2) is 14.2 Å². The van der Waals surface area contributed by atoms with Gasteiger partial charge < -0.3 is 35.1 Å². The Morgan fingerprint density at radius 2 is 1.67 bits per heavy atom. The van der Waals surface area contributed by atoms with Crippen LogP contribution in [-0.2, 0) is 15.9 Å². The fraction of sp³-hybridized carbons (Fsp3) is 0.424. The third-order valence-corrected chi connectivity index (χ3v) is 7.17. The minimum absolute atomic E-state index is 0.0559. The maximum atomic E-state index is 14.8. The van der Waals surface area contributed by atoms with Crippen LogP contribution < -0.4 is 20.1 Å². The first-order valence-corrected chi connectivity index (χ1v) is 15.0. The van der Waals surface area contributed by atoms with Gasteiger partial charge >= 0.3 is 12.3 Å². The predicted molar refractivity (Wildman–Crippen MR) is 169 cm³/mol. The Bertz CT molecular complexity index is 1640. The highest BCUT2D eigenvalue weighted by molar-refractivity contribution is 6.31. The van der Waals surface area contributed by atoms with Crippen molar-refractivity contribution in [3.63, 3.8) is 0 Å². The van der Waals surface area contributed by atoms with Crippen LogP contribution in [-0.4, -0.2) is 65.3 Å². The van der Waals surface area contributed by atoms with Gasteiger partial charge in [0.15, 0.2) is 11.5 Å². The number of benzene rings is 2. The van der Waals surface area contributed by atoms with Crippen LogP contribution in [0.15, 0.2) is 48.5 Å². The Labute approximate surface area is 280 Å². The van der Waals surface area contributed by atoms with Crippen LogP contribution in [0, 0.1) is 5.82 Å². The van der Waals surface area contributed by atoms with Gasteiger partial charge in [0.05, 0.1) is 41.7 Å². The number of methoxy groups -OCH3 is 1. The van der Waals surface area contributed by atoms with Crippen LogP contribution in [0.5, 0.6) is 11.5 Å². The average molecular weight is 700 g/mol. The number of rotatable bonds is 11. The van der Waals surface area contributed by atoms with Crippen LogP contribution in [0.25, 0.3) is 11.3 Å². The summed E-state index contributed by atoms with van der Waals surface area (Å²) in [6, 6.07) is 9.52. The van der Waals surface area contributed by atoms with Gasteiger partial charge in [0.2, 0.25) is 5.60 Å². The molecule has 10 nitrogen and oxygen atoms in total. The normalized spacial score (nSPS) is 14.0. The SMILES string of the molecule is COc1cc(C(=O)NCC(O)(c2cc(C(C)(C)NC(=O)OC(C)(C)C)cc(-c3ccc(F)c(Cl)c3)n2)C(F)(F)F)ccc1OC[C@@H](C)O. The van der Waals surface area contributed by atoms with Crippen molar-refractivity contribution >= 4 is 23.6 Å². The Morgan fingerprint density at radius 1 is 1.00 bits per heavy atom. The molecule has 0 aliphatic heterocycles. The molecule has 3 aromatic rings. The molecule has 0 saturated carbocycles. The molecule has 0 bridgehead atoms. The largest absolute Gasteiger partial charge is 0.493 e. The predicted octanol–water partition coefficient (Wildman–Crippen LogP) is 6.25. The van der Waals surface area contributed by atoms with Gasteiger partial charge in [0, 0.05) is 11.1 Å². The van der Waals surface area contributed by atoms with E-state index in [-0.39, 0.29) is 45.5 Å². The Hall–Kier alpha value is -4.14. The van der Waals surface area contributed by atoms with Gasteiger partial charge in [0.1, 0.15) is 18.0 Å². The van der Waals surface area contributed by atoms with Gasteiger partial charge in [-0.15, -0.1) is 0 Å². The number of hydrogen-bond acceptors (Lipinski definition) is 8. The number of aliphatic hydroxyl groups excluding tert-OH is 1. The Kier molecular flexibility index (Phi) is 11.6. The smallest absolute Gasteiger partial charge is 0.424 e. The van der Waals surface area contributed by atoms with Gasteiger partial charge in [-0.2, -0.15) is 13.2 Å². The van der Waals surface area contributed by atoms with Crippen molar-refractivity contribution in [3.05, 3.63) is 76.2 Å². The Morgan fingerprint density at radius 3 is 2.23 bits per heavy atom. The summed E-state index contributed by atoms with van der Waals surface area (Å²) in [5.41, 5.74) is -7.07. The quantitative estimate of drug-likeness (QED) is 0.172. The van der Waals surface area contributed by atoms with Crippen LogP contribution in [0.1, 0.15) is 63.2 Å². The van der Waals surface area contributed by atoms with Crippen molar-refractivity contribution < 1.29 is 51.6 Å². The first kappa shape index (κ1) is 38.3. The minimum Gasteiger partial charge on any atom is -0.493 e. The highest BCUT2D eigenvalue weighted by Crippen LogP contribution is 2.40. The number of carbonyl (C=O) groups excluding carboxylic acids is 2. The number of aromatic nitrogens is 1. The highest BCUT2D eigenvalue weighted by Gasteiger charge is 2.56. The number of hydrogen-bond donors (Lipinski definition) is 4. The summed E-state index contributed by atoms with van der Waals surface area (Å²) in [6.07, 6.45) is -7.06. The number of alkyl halides is 3. The molecule has 2 amide bonds. The second kappa shape index (κ2) is 14.5. The van der Waals surface area contributed by atoms with E-state index in [1.165, 1.54) is 58.2 Å². The van der Waals surface area contributed by atoms with Crippen LogP contribution in [0.2, 0.25) is 5.02 Å². The summed E-state index contributed by atoms with van der Waals surface area (Å²) in [7, 11) is 1.29. The standard InChI is InChI=1S/C33H38ClF4N3O7/c1-18(42)16-47-25-11-9-20(13-26(25)46-7)28(43)39-17-32(45,33(36,37)38)27-15-21(31(5,6)41-29(44)48-30(2,3)4)14-24(40-27)19-8-10-23(35)22(34)12-19/h8-15,18,42,45H,16-17H2,1-7H3,(H,39,43)(H,41,44)/t18-,32?/m1/s1. The summed E-state index contributed by atoms with van der Waals surface area (Å²) in [5, 5.41) is 25.2. The van der Waals surface area contributed by atoms with E-state index in [1.807, 2.05) is 0 Å². The molecule has 3 rings (SSSR count). The molecule has 1 unspecified atom stereocenters. The zero-order chi connectivity index (χ0) is 36.2. The van der Waals surface area contributed by atoms with Crippen molar-refractivity contribution in [1.29, 1.82) is 0 Å². The number of alkyl carbamates (subject to hydrolysis) is 1. The van der Waals surface area contributed by atoms with Crippen LogP contribution in [0.4, 0.5) is 22.4 Å². The van der Waals surface area contributed by atoms with Gasteiger partial charge in [-0.3, -0.25) is 4.79 Å². The monoisotopic (exact) mass is 699 g/mol. The van der Waals surface area contributed by atoms with E-state index in [9.17, 15) is 37.4 Å². The molecule has 0 radical (unpaired) electrons. The topological polar surface area (TPSA) is 139 Å². The maximum absolute atomic E-state index is 14.8. The molecule has 2 atom stereocenters. The first-order valence-electron chi connectivity index (χ1n) is 14.6. The lowest BCUT2D eigenvalue weighted by molar-refractivity contribution is -0.265. The molecule has 0 aliphatic carbocycles. The van der Waals surface area contributed by atoms with E-state index in [0.717, 1.165) is 18.2 Å². The third kappa shape index (κ3) is 9.48. The summed E-state index contributed by atoms with van der Waals surface area (Å²) in [4.78, 5) is 29.8. The molecule has 1 aromatic heterocycles. The number of pyridine rings is 1. The molecule has 1 heterocycles. The lowest BCUT2D eigenvalue weighted by atomic mass is 9.88. The molecule has 48 heavy (non-hydrogen) atoms. The molecule has 262 valence electrons. The van der Waals surface area contributed by atoms with Gasteiger partial charge in [0.25, 0.3) is 5.91 Å². The summed E-state index contributed by atoms with van der Waals surface area (Å²) in [5.74, 6) is -1.52. The number of ether oxygens (including phenoxy) is 3. The molecular formula is C33H38ClF4N3O7. The van der Waals surface area contributed by atoms with Crippen molar-refractivity contribution in [1.82, 2.24) is 15.6 Å². The summed E-state index contributed by atoms with van der Waals surface area (Å²) >= 11 is 5.95. The Balaban J connectivity index is 2.08. The average Bonchev–Trinajstić information content (AvgIpc) is 2.97. The number of aliphatic hydroxyl groups is 2. The number of nitrogens with zero attached hydrogens (tertiary/aromatic N) is 1. The molecule has 15 heteroatoms. The second-order valence-electron chi connectivity index (χ2n) is 12.6. The molecule has 0 fully saturated rings. The highest BCUT2D eigenvalue weighted by atomic mass is 35.5. The third-order valence-electron chi connectivity index (χ3n) is 6.88. The second-order valence-corrected chi connectivity index (χ2v) is 13.0. The van der Waals surface area contributed by atoms with Crippen molar-refractivity contribution in [2.45, 2.75) is 70.6 Å². The molecule has 4 N–H and O–H groups in total. The number of halogens is 5. The summed E-state index contributed by atoms with van der Waals surface area (Å²) < 4.78 is 74.3. The van der Waals surface area contributed by atoms with Crippen LogP contribution >= 0.6 is 11.6 Å². The lowest BCUT2D eigenvalue weighted by Gasteiger charge is -2.33. The van der Waals surface area contributed by atoms with Gasteiger partial charge in [-0.05, 0) is 95.6 Å². The van der Waals surface area contributed by atoms with Crippen molar-refractivity contribution in [2.75, 3.05) is 20.3 Å². The van der Waals surface area contributed by atoms with Crippen molar-refractivity contribution in [3.8, 4) is 22.8 Å². The minimum atomic E-state index is -5.39. The van der Waals surface area contributed by atoms with Gasteiger partial charge in [-0.1, -0.05) is 11.6 Å². The maximum Gasteiger partial charge on any atom is 0.424 e.